The fourth-order valence-corrected chi connectivity index (χ4v) is 1.55. The van der Waals surface area contributed by atoms with Gasteiger partial charge in [-0.25, -0.2) is 4.39 Å². The maximum atomic E-state index is 13.1. The van der Waals surface area contributed by atoms with Gasteiger partial charge in [0.15, 0.2) is 11.6 Å². The fourth-order valence-electron chi connectivity index (χ4n) is 1.34. The molecule has 1 amide bonds. The summed E-state index contributed by atoms with van der Waals surface area (Å²) in [5.41, 5.74) is 0.461. The summed E-state index contributed by atoms with van der Waals surface area (Å²) in [7, 11) is 0. The summed E-state index contributed by atoms with van der Waals surface area (Å²) in [6.07, 6.45) is 2.77. The minimum Gasteiger partial charge on any atom is -0.505 e. The highest BCUT2D eigenvalue weighted by molar-refractivity contribution is 6.34. The SMILES string of the molecule is O=C(Nc1ccc(O)c(F)c1)c1ccncc1Cl. The molecule has 0 aliphatic rings. The zero-order chi connectivity index (χ0) is 13.1. The number of hydrogen-bond acceptors (Lipinski definition) is 3. The van der Waals surface area contributed by atoms with Crippen LogP contribution in [0.5, 0.6) is 5.75 Å². The average Bonchev–Trinajstić information content (AvgIpc) is 2.34. The van der Waals surface area contributed by atoms with Gasteiger partial charge in [0.05, 0.1) is 10.6 Å². The standard InChI is InChI=1S/C12H8ClFN2O2/c13-9-6-15-4-3-8(9)12(18)16-7-1-2-11(17)10(14)5-7/h1-6,17H,(H,16,18). The molecule has 1 heterocycles. The van der Waals surface area contributed by atoms with Crippen LogP contribution in [-0.2, 0) is 0 Å². The van der Waals surface area contributed by atoms with Gasteiger partial charge in [0.1, 0.15) is 0 Å². The second-order valence-electron chi connectivity index (χ2n) is 3.48. The maximum absolute atomic E-state index is 13.1. The van der Waals surface area contributed by atoms with Gasteiger partial charge < -0.3 is 10.4 Å². The Balaban J connectivity index is 2.22. The van der Waals surface area contributed by atoms with Crippen LogP contribution < -0.4 is 5.32 Å². The van der Waals surface area contributed by atoms with Gasteiger partial charge in [0, 0.05) is 24.1 Å². The monoisotopic (exact) mass is 266 g/mol. The summed E-state index contributed by atoms with van der Waals surface area (Å²) in [5, 5.41) is 11.7. The van der Waals surface area contributed by atoms with Gasteiger partial charge in [-0.2, -0.15) is 0 Å². The highest BCUT2D eigenvalue weighted by Crippen LogP contribution is 2.21. The quantitative estimate of drug-likeness (QED) is 0.822. The summed E-state index contributed by atoms with van der Waals surface area (Å²) >= 11 is 5.80. The van der Waals surface area contributed by atoms with E-state index >= 15 is 0 Å². The smallest absolute Gasteiger partial charge is 0.257 e. The van der Waals surface area contributed by atoms with Crippen molar-refractivity contribution in [2.75, 3.05) is 5.32 Å². The fraction of sp³-hybridized carbons (Fsp3) is 0. The Labute approximate surface area is 107 Å². The Morgan fingerprint density at radius 1 is 1.39 bits per heavy atom. The zero-order valence-corrected chi connectivity index (χ0v) is 9.78. The number of anilines is 1. The van der Waals surface area contributed by atoms with Crippen LogP contribution in [-0.4, -0.2) is 16.0 Å². The first-order valence-electron chi connectivity index (χ1n) is 4.97. The molecule has 0 bridgehead atoms. The van der Waals surface area contributed by atoms with Crippen molar-refractivity contribution in [3.05, 3.63) is 53.1 Å². The number of nitrogens with zero attached hydrogens (tertiary/aromatic N) is 1. The van der Waals surface area contributed by atoms with E-state index in [0.717, 1.165) is 12.1 Å². The summed E-state index contributed by atoms with van der Waals surface area (Å²) < 4.78 is 13.1. The van der Waals surface area contributed by atoms with Gasteiger partial charge in [0.25, 0.3) is 5.91 Å². The normalized spacial score (nSPS) is 10.1. The number of halogens is 2. The van der Waals surface area contributed by atoms with Crippen molar-refractivity contribution in [3.8, 4) is 5.75 Å². The molecule has 18 heavy (non-hydrogen) atoms. The molecule has 2 aromatic rings. The minimum absolute atomic E-state index is 0.203. The number of aromatic nitrogens is 1. The van der Waals surface area contributed by atoms with Crippen molar-refractivity contribution in [1.82, 2.24) is 4.98 Å². The van der Waals surface area contributed by atoms with Gasteiger partial charge in [-0.3, -0.25) is 9.78 Å². The predicted molar refractivity (Wildman–Crippen MR) is 65.3 cm³/mol. The van der Waals surface area contributed by atoms with Gasteiger partial charge >= 0.3 is 0 Å². The summed E-state index contributed by atoms with van der Waals surface area (Å²) in [4.78, 5) is 15.6. The van der Waals surface area contributed by atoms with Crippen LogP contribution in [0, 0.1) is 5.82 Å². The van der Waals surface area contributed by atoms with E-state index in [1.807, 2.05) is 0 Å². The first-order chi connectivity index (χ1) is 8.58. The molecule has 1 aromatic carbocycles. The highest BCUT2D eigenvalue weighted by Gasteiger charge is 2.11. The lowest BCUT2D eigenvalue weighted by atomic mass is 10.2. The molecule has 0 aliphatic heterocycles. The number of carbonyl (C=O) groups is 1. The molecular weight excluding hydrogens is 259 g/mol. The molecule has 4 nitrogen and oxygen atoms in total. The highest BCUT2D eigenvalue weighted by atomic mass is 35.5. The van der Waals surface area contributed by atoms with E-state index in [0.29, 0.717) is 0 Å². The van der Waals surface area contributed by atoms with E-state index < -0.39 is 17.5 Å². The summed E-state index contributed by atoms with van der Waals surface area (Å²) in [5.74, 6) is -1.77. The van der Waals surface area contributed by atoms with E-state index in [2.05, 4.69) is 10.3 Å². The summed E-state index contributed by atoms with van der Waals surface area (Å²) in [6.45, 7) is 0. The average molecular weight is 267 g/mol. The molecule has 0 fully saturated rings. The maximum Gasteiger partial charge on any atom is 0.257 e. The van der Waals surface area contributed by atoms with Crippen LogP contribution >= 0.6 is 11.6 Å². The van der Waals surface area contributed by atoms with Crippen molar-refractivity contribution in [2.24, 2.45) is 0 Å². The molecule has 0 radical (unpaired) electrons. The number of amides is 1. The molecule has 0 unspecified atom stereocenters. The molecule has 0 aliphatic carbocycles. The van der Waals surface area contributed by atoms with Crippen LogP contribution in [0.3, 0.4) is 0 Å². The van der Waals surface area contributed by atoms with E-state index in [1.165, 1.54) is 24.5 Å². The third kappa shape index (κ3) is 2.57. The molecule has 2 rings (SSSR count). The Bertz CT molecular complexity index is 604. The van der Waals surface area contributed by atoms with Crippen molar-refractivity contribution in [1.29, 1.82) is 0 Å². The van der Waals surface area contributed by atoms with Gasteiger partial charge in [-0.1, -0.05) is 11.6 Å². The number of hydrogen-bond donors (Lipinski definition) is 2. The van der Waals surface area contributed by atoms with Crippen molar-refractivity contribution in [2.45, 2.75) is 0 Å². The molecule has 6 heteroatoms. The molecule has 2 N–H and O–H groups in total. The molecule has 0 saturated carbocycles. The Hall–Kier alpha value is -2.14. The van der Waals surface area contributed by atoms with E-state index in [9.17, 15) is 9.18 Å². The largest absolute Gasteiger partial charge is 0.505 e. The molecule has 0 saturated heterocycles. The number of nitrogens with one attached hydrogen (secondary N) is 1. The van der Waals surface area contributed by atoms with Crippen LogP contribution in [0.15, 0.2) is 36.7 Å². The second kappa shape index (κ2) is 5.01. The zero-order valence-electron chi connectivity index (χ0n) is 9.02. The van der Waals surface area contributed by atoms with Crippen LogP contribution in [0.2, 0.25) is 5.02 Å². The lowest BCUT2D eigenvalue weighted by Gasteiger charge is -2.06. The van der Waals surface area contributed by atoms with Crippen molar-refractivity contribution >= 4 is 23.2 Å². The Kier molecular flexibility index (Phi) is 3.43. The molecular formula is C12H8ClFN2O2. The molecule has 1 aromatic heterocycles. The number of carbonyl (C=O) groups excluding carboxylic acids is 1. The van der Waals surface area contributed by atoms with Gasteiger partial charge in [-0.05, 0) is 18.2 Å². The lowest BCUT2D eigenvalue weighted by Crippen LogP contribution is -2.12. The van der Waals surface area contributed by atoms with E-state index in [4.69, 9.17) is 16.7 Å². The van der Waals surface area contributed by atoms with Crippen molar-refractivity contribution < 1.29 is 14.3 Å². The van der Waals surface area contributed by atoms with Crippen LogP contribution in [0.4, 0.5) is 10.1 Å². The number of pyridine rings is 1. The molecule has 92 valence electrons. The Morgan fingerprint density at radius 3 is 2.83 bits per heavy atom. The van der Waals surface area contributed by atoms with Crippen LogP contribution in [0.25, 0.3) is 0 Å². The number of rotatable bonds is 2. The van der Waals surface area contributed by atoms with E-state index in [1.54, 1.807) is 0 Å². The van der Waals surface area contributed by atoms with Crippen LogP contribution in [0.1, 0.15) is 10.4 Å². The molecule has 0 atom stereocenters. The van der Waals surface area contributed by atoms with Gasteiger partial charge in [0.2, 0.25) is 0 Å². The summed E-state index contributed by atoms with van der Waals surface area (Å²) in [6, 6.07) is 5.00. The first-order valence-corrected chi connectivity index (χ1v) is 5.35. The Morgan fingerprint density at radius 2 is 2.17 bits per heavy atom. The minimum atomic E-state index is -0.811. The third-order valence-corrected chi connectivity index (χ3v) is 2.52. The number of phenolic OH excluding ortho intramolecular Hbond substituents is 1. The number of phenols is 1. The van der Waals surface area contributed by atoms with Gasteiger partial charge in [-0.15, -0.1) is 0 Å². The molecule has 0 spiro atoms. The topological polar surface area (TPSA) is 62.2 Å². The number of benzene rings is 1. The predicted octanol–water partition coefficient (Wildman–Crippen LogP) is 2.83. The number of aromatic hydroxyl groups is 1. The van der Waals surface area contributed by atoms with Crippen molar-refractivity contribution in [3.63, 3.8) is 0 Å². The van der Waals surface area contributed by atoms with E-state index in [-0.39, 0.29) is 16.3 Å². The second-order valence-corrected chi connectivity index (χ2v) is 3.88. The first kappa shape index (κ1) is 12.3. The lowest BCUT2D eigenvalue weighted by molar-refractivity contribution is 0.102. The third-order valence-electron chi connectivity index (χ3n) is 2.22.